The van der Waals surface area contributed by atoms with Crippen LogP contribution < -0.4 is 0 Å². The second kappa shape index (κ2) is 4.12. The topological polar surface area (TPSA) is 49.8 Å². The van der Waals surface area contributed by atoms with E-state index in [1.165, 1.54) is 19.3 Å². The molecule has 2 rings (SSSR count). The molecule has 0 aromatic heterocycles. The summed E-state index contributed by atoms with van der Waals surface area (Å²) in [5.74, 6) is -0.400. The van der Waals surface area contributed by atoms with Crippen LogP contribution in [0.15, 0.2) is 0 Å². The zero-order chi connectivity index (χ0) is 10.9. The first-order valence-electron chi connectivity index (χ1n) is 6.08. The Bertz CT molecular complexity index is 251. The molecule has 0 bridgehead atoms. The summed E-state index contributed by atoms with van der Waals surface area (Å²) in [5, 5.41) is 8.84. The van der Waals surface area contributed by atoms with Crippen LogP contribution in [0.5, 0.6) is 0 Å². The van der Waals surface area contributed by atoms with Gasteiger partial charge in [-0.2, -0.15) is 0 Å². The van der Waals surface area contributed by atoms with Crippen molar-refractivity contribution in [2.24, 2.45) is 5.92 Å². The van der Waals surface area contributed by atoms with Crippen LogP contribution in [0.4, 0.5) is 0 Å². The van der Waals surface area contributed by atoms with E-state index in [1.807, 2.05) is 0 Å². The van der Waals surface area contributed by atoms with Crippen molar-refractivity contribution in [3.05, 3.63) is 0 Å². The summed E-state index contributed by atoms with van der Waals surface area (Å²) in [5.41, 5.74) is -0.0203. The molecule has 86 valence electrons. The number of hydrogen-bond acceptors (Lipinski definition) is 2. The third-order valence-corrected chi connectivity index (χ3v) is 3.91. The second-order valence-corrected chi connectivity index (χ2v) is 4.89. The molecule has 3 nitrogen and oxygen atoms in total. The van der Waals surface area contributed by atoms with Crippen molar-refractivity contribution >= 4 is 5.97 Å². The fourth-order valence-electron chi connectivity index (χ4n) is 3.05. The molecule has 1 heterocycles. The van der Waals surface area contributed by atoms with E-state index in [0.29, 0.717) is 12.5 Å². The van der Waals surface area contributed by atoms with E-state index in [4.69, 9.17) is 9.84 Å². The number of rotatable bonds is 6. The minimum atomic E-state index is -0.675. The highest BCUT2D eigenvalue weighted by Crippen LogP contribution is 2.57. The lowest BCUT2D eigenvalue weighted by molar-refractivity contribution is -0.138. The third kappa shape index (κ3) is 2.03. The van der Waals surface area contributed by atoms with Gasteiger partial charge in [0, 0.05) is 5.92 Å². The second-order valence-electron chi connectivity index (χ2n) is 4.89. The fraction of sp³-hybridized carbons (Fsp3) is 0.917. The van der Waals surface area contributed by atoms with Crippen LogP contribution in [0.2, 0.25) is 0 Å². The van der Waals surface area contributed by atoms with E-state index in [0.717, 1.165) is 19.3 Å². The molecule has 1 aliphatic carbocycles. The molecule has 2 fully saturated rings. The smallest absolute Gasteiger partial charge is 0.303 e. The van der Waals surface area contributed by atoms with Crippen LogP contribution >= 0.6 is 0 Å². The summed E-state index contributed by atoms with van der Waals surface area (Å²) in [6.07, 6.45) is 7.50. The maximum Gasteiger partial charge on any atom is 0.303 e. The molecule has 1 N–H and O–H groups in total. The van der Waals surface area contributed by atoms with Gasteiger partial charge in [-0.3, -0.25) is 4.79 Å². The number of carboxylic acid groups (broad SMARTS) is 1. The van der Waals surface area contributed by atoms with E-state index < -0.39 is 5.97 Å². The van der Waals surface area contributed by atoms with Crippen molar-refractivity contribution in [2.45, 2.75) is 63.6 Å². The quantitative estimate of drug-likeness (QED) is 0.544. The van der Waals surface area contributed by atoms with Crippen molar-refractivity contribution in [3.8, 4) is 0 Å². The Hall–Kier alpha value is -0.570. The first-order valence-corrected chi connectivity index (χ1v) is 6.08. The van der Waals surface area contributed by atoms with E-state index in [1.54, 1.807) is 0 Å². The summed E-state index contributed by atoms with van der Waals surface area (Å²) in [7, 11) is 0. The molecule has 3 atom stereocenters. The molecule has 1 saturated heterocycles. The maximum absolute atomic E-state index is 10.7. The number of unbranched alkanes of at least 4 members (excludes halogenated alkanes) is 2. The summed E-state index contributed by atoms with van der Waals surface area (Å²) in [4.78, 5) is 10.7. The molecule has 15 heavy (non-hydrogen) atoms. The maximum atomic E-state index is 10.7. The Labute approximate surface area is 90.8 Å². The summed E-state index contributed by atoms with van der Waals surface area (Å²) >= 11 is 0. The first kappa shape index (κ1) is 10.9. The van der Waals surface area contributed by atoms with Gasteiger partial charge in [-0.05, 0) is 19.3 Å². The van der Waals surface area contributed by atoms with Gasteiger partial charge >= 0.3 is 5.97 Å². The number of aliphatic carboxylic acids is 1. The summed E-state index contributed by atoms with van der Waals surface area (Å²) in [6, 6.07) is 0. The van der Waals surface area contributed by atoms with E-state index in [2.05, 4.69) is 6.92 Å². The van der Waals surface area contributed by atoms with Gasteiger partial charge in [-0.1, -0.05) is 26.2 Å². The minimum absolute atomic E-state index is 0.0203. The van der Waals surface area contributed by atoms with Crippen molar-refractivity contribution in [3.63, 3.8) is 0 Å². The Morgan fingerprint density at radius 3 is 2.87 bits per heavy atom. The Balaban J connectivity index is 1.87. The van der Waals surface area contributed by atoms with Gasteiger partial charge in [0.2, 0.25) is 0 Å². The van der Waals surface area contributed by atoms with Crippen molar-refractivity contribution in [1.29, 1.82) is 0 Å². The highest BCUT2D eigenvalue weighted by atomic mass is 16.6. The molecular formula is C12H20O3. The van der Waals surface area contributed by atoms with E-state index >= 15 is 0 Å². The number of ether oxygens (including phenoxy) is 1. The predicted molar refractivity (Wildman–Crippen MR) is 56.7 cm³/mol. The molecule has 0 spiro atoms. The Kier molecular flexibility index (Phi) is 3.01. The molecule has 0 aromatic rings. The SMILES string of the molecule is CCCCC[C@]12OC1CCC2CC(=O)O. The highest BCUT2D eigenvalue weighted by Gasteiger charge is 2.64. The summed E-state index contributed by atoms with van der Waals surface area (Å²) in [6.45, 7) is 2.19. The lowest BCUT2D eigenvalue weighted by Gasteiger charge is -2.18. The molecule has 1 saturated carbocycles. The number of carboxylic acids is 1. The molecule has 0 amide bonds. The molecule has 3 heteroatoms. The highest BCUT2D eigenvalue weighted by molar-refractivity contribution is 5.67. The molecule has 0 aromatic carbocycles. The average Bonchev–Trinajstić information content (AvgIpc) is 2.80. The van der Waals surface area contributed by atoms with Gasteiger partial charge in [0.25, 0.3) is 0 Å². The molecule has 1 aliphatic heterocycles. The third-order valence-electron chi connectivity index (χ3n) is 3.91. The van der Waals surface area contributed by atoms with Gasteiger partial charge in [0.1, 0.15) is 0 Å². The zero-order valence-corrected chi connectivity index (χ0v) is 9.37. The average molecular weight is 212 g/mol. The van der Waals surface area contributed by atoms with Crippen molar-refractivity contribution in [1.82, 2.24) is 0 Å². The van der Waals surface area contributed by atoms with Gasteiger partial charge in [-0.15, -0.1) is 0 Å². The van der Waals surface area contributed by atoms with Gasteiger partial charge in [0.05, 0.1) is 18.1 Å². The number of epoxide rings is 1. The van der Waals surface area contributed by atoms with Crippen LogP contribution in [0.3, 0.4) is 0 Å². The number of fused-ring (bicyclic) bond motifs is 1. The monoisotopic (exact) mass is 212 g/mol. The molecule has 0 radical (unpaired) electrons. The standard InChI is InChI=1S/C12H20O3/c1-2-3-4-7-12-9(8-11(13)14)5-6-10(12)15-12/h9-10H,2-8H2,1H3,(H,13,14)/t9?,10?,12-/m1/s1. The van der Waals surface area contributed by atoms with Crippen LogP contribution in [-0.4, -0.2) is 22.8 Å². The van der Waals surface area contributed by atoms with Gasteiger partial charge in [-0.25, -0.2) is 0 Å². The Morgan fingerprint density at radius 2 is 2.27 bits per heavy atom. The lowest BCUT2D eigenvalue weighted by atomic mass is 9.87. The molecule has 2 aliphatic rings. The minimum Gasteiger partial charge on any atom is -0.481 e. The molecular weight excluding hydrogens is 192 g/mol. The van der Waals surface area contributed by atoms with Crippen LogP contribution in [0.1, 0.15) is 51.9 Å². The van der Waals surface area contributed by atoms with Gasteiger partial charge in [0.15, 0.2) is 0 Å². The van der Waals surface area contributed by atoms with Gasteiger partial charge < -0.3 is 9.84 Å². The van der Waals surface area contributed by atoms with E-state index in [9.17, 15) is 4.79 Å². The lowest BCUT2D eigenvalue weighted by Crippen LogP contribution is -2.24. The number of carbonyl (C=O) groups is 1. The molecule has 2 unspecified atom stereocenters. The Morgan fingerprint density at radius 1 is 1.47 bits per heavy atom. The van der Waals surface area contributed by atoms with E-state index in [-0.39, 0.29) is 11.5 Å². The summed E-state index contributed by atoms with van der Waals surface area (Å²) < 4.78 is 5.74. The predicted octanol–water partition coefficient (Wildman–Crippen LogP) is 2.59. The largest absolute Gasteiger partial charge is 0.481 e. The zero-order valence-electron chi connectivity index (χ0n) is 9.37. The number of hydrogen-bond donors (Lipinski definition) is 1. The first-order chi connectivity index (χ1) is 7.19. The van der Waals surface area contributed by atoms with Crippen molar-refractivity contribution in [2.75, 3.05) is 0 Å². The fourth-order valence-corrected chi connectivity index (χ4v) is 3.05. The van der Waals surface area contributed by atoms with Crippen molar-refractivity contribution < 1.29 is 14.6 Å². The normalized spacial score (nSPS) is 37.7. The van der Waals surface area contributed by atoms with Crippen LogP contribution in [0.25, 0.3) is 0 Å². The van der Waals surface area contributed by atoms with Crippen LogP contribution in [0, 0.1) is 5.92 Å². The van der Waals surface area contributed by atoms with Crippen LogP contribution in [-0.2, 0) is 9.53 Å².